The molecule has 124 valence electrons. The number of methoxy groups -OCH3 is 1. The SMILES string of the molecule is COc1ccc(S(=O)(=O)N2CCN(c3cnsn3)CC2)cc1Cl. The molecule has 0 aliphatic carbocycles. The van der Waals surface area contributed by atoms with Crippen molar-refractivity contribution in [2.24, 2.45) is 0 Å². The van der Waals surface area contributed by atoms with Crippen LogP contribution in [0.15, 0.2) is 29.3 Å². The van der Waals surface area contributed by atoms with E-state index in [-0.39, 0.29) is 9.92 Å². The number of ether oxygens (including phenoxy) is 1. The van der Waals surface area contributed by atoms with Crippen LogP contribution in [0.3, 0.4) is 0 Å². The van der Waals surface area contributed by atoms with Crippen LogP contribution < -0.4 is 9.64 Å². The molecule has 1 aliphatic rings. The molecule has 2 heterocycles. The molecule has 0 N–H and O–H groups in total. The van der Waals surface area contributed by atoms with E-state index in [1.807, 2.05) is 4.90 Å². The first-order chi connectivity index (χ1) is 11.0. The second-order valence-electron chi connectivity index (χ2n) is 4.95. The lowest BCUT2D eigenvalue weighted by atomic mass is 10.3. The summed E-state index contributed by atoms with van der Waals surface area (Å²) in [6, 6.07) is 4.50. The van der Waals surface area contributed by atoms with Crippen molar-refractivity contribution in [3.63, 3.8) is 0 Å². The van der Waals surface area contributed by atoms with Crippen LogP contribution in [0.4, 0.5) is 5.82 Å². The quantitative estimate of drug-likeness (QED) is 0.811. The molecule has 10 heteroatoms. The van der Waals surface area contributed by atoms with E-state index in [9.17, 15) is 8.42 Å². The number of sulfonamides is 1. The van der Waals surface area contributed by atoms with Crippen molar-refractivity contribution in [3.05, 3.63) is 29.4 Å². The lowest BCUT2D eigenvalue weighted by Crippen LogP contribution is -2.48. The molecule has 0 radical (unpaired) electrons. The van der Waals surface area contributed by atoms with Crippen molar-refractivity contribution >= 4 is 39.2 Å². The summed E-state index contributed by atoms with van der Waals surface area (Å²) < 4.78 is 40.1. The van der Waals surface area contributed by atoms with Crippen molar-refractivity contribution < 1.29 is 13.2 Å². The van der Waals surface area contributed by atoms with Crippen molar-refractivity contribution in [1.82, 2.24) is 13.1 Å². The lowest BCUT2D eigenvalue weighted by molar-refractivity contribution is 0.384. The van der Waals surface area contributed by atoms with E-state index < -0.39 is 10.0 Å². The van der Waals surface area contributed by atoms with E-state index in [2.05, 4.69) is 8.75 Å². The molecule has 0 bridgehead atoms. The van der Waals surface area contributed by atoms with Gasteiger partial charge in [0.1, 0.15) is 5.75 Å². The molecule has 1 saturated heterocycles. The molecule has 1 aromatic heterocycles. The summed E-state index contributed by atoms with van der Waals surface area (Å²) in [7, 11) is -2.08. The Kier molecular flexibility index (Phi) is 4.72. The topological polar surface area (TPSA) is 75.6 Å². The number of hydrogen-bond acceptors (Lipinski definition) is 7. The van der Waals surface area contributed by atoms with Gasteiger partial charge in [-0.05, 0) is 18.2 Å². The summed E-state index contributed by atoms with van der Waals surface area (Å²) >= 11 is 7.18. The molecule has 23 heavy (non-hydrogen) atoms. The Morgan fingerprint density at radius 2 is 2.00 bits per heavy atom. The van der Waals surface area contributed by atoms with Gasteiger partial charge in [0.25, 0.3) is 0 Å². The van der Waals surface area contributed by atoms with Crippen LogP contribution in [0.2, 0.25) is 5.02 Å². The van der Waals surface area contributed by atoms with Gasteiger partial charge in [0.15, 0.2) is 5.82 Å². The molecule has 7 nitrogen and oxygen atoms in total. The van der Waals surface area contributed by atoms with Crippen LogP contribution in [-0.2, 0) is 10.0 Å². The van der Waals surface area contributed by atoms with Gasteiger partial charge in [-0.15, -0.1) is 0 Å². The zero-order valence-electron chi connectivity index (χ0n) is 12.3. The van der Waals surface area contributed by atoms with E-state index in [1.165, 1.54) is 23.5 Å². The summed E-state index contributed by atoms with van der Waals surface area (Å²) in [5, 5.41) is 0.278. The van der Waals surface area contributed by atoms with Gasteiger partial charge in [-0.1, -0.05) is 11.6 Å². The van der Waals surface area contributed by atoms with Crippen LogP contribution in [-0.4, -0.2) is 54.8 Å². The molecule has 0 unspecified atom stereocenters. The maximum absolute atomic E-state index is 12.7. The molecule has 0 atom stereocenters. The standard InChI is InChI=1S/C13H15ClN4O3S2/c1-21-12-3-2-10(8-11(12)14)23(19,20)18-6-4-17(5-7-18)13-9-15-22-16-13/h2-3,8-9H,4-7H2,1H3. The van der Waals surface area contributed by atoms with Crippen LogP contribution in [0.5, 0.6) is 5.75 Å². The van der Waals surface area contributed by atoms with E-state index in [1.54, 1.807) is 12.3 Å². The Morgan fingerprint density at radius 1 is 1.26 bits per heavy atom. The Bertz CT molecular complexity index is 775. The molecule has 1 aromatic carbocycles. The Morgan fingerprint density at radius 3 is 2.57 bits per heavy atom. The Labute approximate surface area is 143 Å². The van der Waals surface area contributed by atoms with Gasteiger partial charge >= 0.3 is 0 Å². The minimum Gasteiger partial charge on any atom is -0.495 e. The first-order valence-corrected chi connectivity index (χ1v) is 9.43. The highest BCUT2D eigenvalue weighted by Gasteiger charge is 2.29. The normalized spacial score (nSPS) is 16.5. The highest BCUT2D eigenvalue weighted by molar-refractivity contribution is 7.89. The van der Waals surface area contributed by atoms with Gasteiger partial charge in [0.2, 0.25) is 10.0 Å². The van der Waals surface area contributed by atoms with Crippen molar-refractivity contribution in [3.8, 4) is 5.75 Å². The van der Waals surface area contributed by atoms with Crippen molar-refractivity contribution in [2.75, 3.05) is 38.2 Å². The van der Waals surface area contributed by atoms with Gasteiger partial charge in [0, 0.05) is 26.2 Å². The Balaban J connectivity index is 1.75. The van der Waals surface area contributed by atoms with Gasteiger partial charge < -0.3 is 9.64 Å². The average Bonchev–Trinajstić information content (AvgIpc) is 3.09. The molecule has 1 fully saturated rings. The molecule has 0 amide bonds. The van der Waals surface area contributed by atoms with Gasteiger partial charge in [-0.25, -0.2) is 8.42 Å². The number of anilines is 1. The maximum Gasteiger partial charge on any atom is 0.243 e. The highest BCUT2D eigenvalue weighted by atomic mass is 35.5. The van der Waals surface area contributed by atoms with E-state index in [0.29, 0.717) is 31.9 Å². The fraction of sp³-hybridized carbons (Fsp3) is 0.385. The largest absolute Gasteiger partial charge is 0.495 e. The van der Waals surface area contributed by atoms with Crippen LogP contribution in [0, 0.1) is 0 Å². The third kappa shape index (κ3) is 3.27. The molecular formula is C13H15ClN4O3S2. The predicted molar refractivity (Wildman–Crippen MR) is 88.9 cm³/mol. The molecule has 1 aliphatic heterocycles. The maximum atomic E-state index is 12.7. The van der Waals surface area contributed by atoms with Crippen LogP contribution >= 0.6 is 23.3 Å². The summed E-state index contributed by atoms with van der Waals surface area (Å²) in [6.07, 6.45) is 1.69. The second kappa shape index (κ2) is 6.60. The van der Waals surface area contributed by atoms with E-state index >= 15 is 0 Å². The van der Waals surface area contributed by atoms with Crippen molar-refractivity contribution in [2.45, 2.75) is 4.90 Å². The number of halogens is 1. The summed E-state index contributed by atoms with van der Waals surface area (Å²) in [5.41, 5.74) is 0. The predicted octanol–water partition coefficient (Wildman–Crippen LogP) is 1.71. The number of benzene rings is 1. The number of aromatic nitrogens is 2. The number of piperazine rings is 1. The third-order valence-corrected chi connectivity index (χ3v) is 6.33. The minimum atomic E-state index is -3.57. The molecular weight excluding hydrogens is 360 g/mol. The summed E-state index contributed by atoms with van der Waals surface area (Å²) in [4.78, 5) is 2.20. The van der Waals surface area contributed by atoms with E-state index in [4.69, 9.17) is 16.3 Å². The van der Waals surface area contributed by atoms with Gasteiger partial charge in [0.05, 0.1) is 35.0 Å². The third-order valence-electron chi connectivity index (χ3n) is 3.67. The second-order valence-corrected chi connectivity index (χ2v) is 7.85. The lowest BCUT2D eigenvalue weighted by Gasteiger charge is -2.33. The molecule has 2 aromatic rings. The van der Waals surface area contributed by atoms with Crippen LogP contribution in [0.25, 0.3) is 0 Å². The zero-order chi connectivity index (χ0) is 16.4. The van der Waals surface area contributed by atoms with Crippen LogP contribution in [0.1, 0.15) is 0 Å². The summed E-state index contributed by atoms with van der Waals surface area (Å²) in [5.74, 6) is 1.24. The minimum absolute atomic E-state index is 0.173. The monoisotopic (exact) mass is 374 g/mol. The summed E-state index contributed by atoms with van der Waals surface area (Å²) in [6.45, 7) is 1.94. The molecule has 3 rings (SSSR count). The molecule has 0 saturated carbocycles. The van der Waals surface area contributed by atoms with Gasteiger partial charge in [-0.2, -0.15) is 13.1 Å². The first kappa shape index (κ1) is 16.4. The Hall–Kier alpha value is -1.42. The first-order valence-electron chi connectivity index (χ1n) is 6.88. The van der Waals surface area contributed by atoms with E-state index in [0.717, 1.165) is 17.5 Å². The highest BCUT2D eigenvalue weighted by Crippen LogP contribution is 2.29. The molecule has 0 spiro atoms. The zero-order valence-corrected chi connectivity index (χ0v) is 14.7. The number of nitrogens with zero attached hydrogens (tertiary/aromatic N) is 4. The van der Waals surface area contributed by atoms with Gasteiger partial charge in [-0.3, -0.25) is 0 Å². The average molecular weight is 375 g/mol. The fourth-order valence-electron chi connectivity index (χ4n) is 2.41. The van der Waals surface area contributed by atoms with Crippen molar-refractivity contribution in [1.29, 1.82) is 0 Å². The number of hydrogen-bond donors (Lipinski definition) is 0. The number of rotatable bonds is 4. The fourth-order valence-corrected chi connectivity index (χ4v) is 4.62. The smallest absolute Gasteiger partial charge is 0.243 e.